The molecule has 0 atom stereocenters. The predicted octanol–water partition coefficient (Wildman–Crippen LogP) is 1.18. The Hall–Kier alpha value is -1.85. The van der Waals surface area contributed by atoms with E-state index >= 15 is 0 Å². The third-order valence-corrected chi connectivity index (χ3v) is 3.61. The molecule has 2 heterocycles. The first kappa shape index (κ1) is 14.6. The summed E-state index contributed by atoms with van der Waals surface area (Å²) in [5.74, 6) is 1.91. The van der Waals surface area contributed by atoms with E-state index in [0.717, 1.165) is 44.0 Å². The Kier molecular flexibility index (Phi) is 4.76. The van der Waals surface area contributed by atoms with Crippen molar-refractivity contribution in [2.75, 3.05) is 36.9 Å². The summed E-state index contributed by atoms with van der Waals surface area (Å²) in [4.78, 5) is 22.8. The van der Waals surface area contributed by atoms with Gasteiger partial charge in [-0.1, -0.05) is 0 Å². The average Bonchev–Trinajstić information content (AvgIpc) is 2.46. The van der Waals surface area contributed by atoms with Crippen LogP contribution in [0.15, 0.2) is 6.07 Å². The highest BCUT2D eigenvalue weighted by molar-refractivity contribution is 5.78. The molecule has 0 saturated carbocycles. The molecule has 1 saturated heterocycles. The number of nitrogens with zero attached hydrogens (tertiary/aromatic N) is 3. The van der Waals surface area contributed by atoms with Crippen LogP contribution in [0.2, 0.25) is 0 Å². The number of anilines is 2. The SMILES string of the molecule is CCNc1nc(C)cc(N2CCC(C(=O)NC)CC2)n1. The highest BCUT2D eigenvalue weighted by Crippen LogP contribution is 2.23. The van der Waals surface area contributed by atoms with E-state index in [1.165, 1.54) is 0 Å². The molecule has 0 radical (unpaired) electrons. The van der Waals surface area contributed by atoms with E-state index in [4.69, 9.17) is 0 Å². The third kappa shape index (κ3) is 3.37. The van der Waals surface area contributed by atoms with Crippen LogP contribution in [0, 0.1) is 12.8 Å². The van der Waals surface area contributed by atoms with Crippen molar-refractivity contribution in [3.05, 3.63) is 11.8 Å². The molecule has 1 fully saturated rings. The molecule has 1 aliphatic rings. The van der Waals surface area contributed by atoms with Crippen LogP contribution >= 0.6 is 0 Å². The highest BCUT2D eigenvalue weighted by Gasteiger charge is 2.25. The summed E-state index contributed by atoms with van der Waals surface area (Å²) < 4.78 is 0. The number of nitrogens with one attached hydrogen (secondary N) is 2. The van der Waals surface area contributed by atoms with E-state index in [9.17, 15) is 4.79 Å². The van der Waals surface area contributed by atoms with Gasteiger partial charge in [0.1, 0.15) is 5.82 Å². The van der Waals surface area contributed by atoms with Crippen molar-refractivity contribution in [3.63, 3.8) is 0 Å². The Morgan fingerprint density at radius 1 is 1.40 bits per heavy atom. The molecule has 6 nitrogen and oxygen atoms in total. The Morgan fingerprint density at radius 2 is 2.10 bits per heavy atom. The first-order chi connectivity index (χ1) is 9.63. The molecular weight excluding hydrogens is 254 g/mol. The molecule has 2 rings (SSSR count). The Bertz CT molecular complexity index is 469. The maximum absolute atomic E-state index is 11.6. The van der Waals surface area contributed by atoms with Crippen LogP contribution in [0.4, 0.5) is 11.8 Å². The number of piperidine rings is 1. The lowest BCUT2D eigenvalue weighted by molar-refractivity contribution is -0.125. The smallest absolute Gasteiger partial charge is 0.224 e. The summed E-state index contributed by atoms with van der Waals surface area (Å²) in [5, 5.41) is 5.88. The van der Waals surface area contributed by atoms with Crippen molar-refractivity contribution >= 4 is 17.7 Å². The molecule has 0 unspecified atom stereocenters. The molecule has 0 bridgehead atoms. The second-order valence-corrected chi connectivity index (χ2v) is 5.10. The number of hydrogen-bond acceptors (Lipinski definition) is 5. The summed E-state index contributed by atoms with van der Waals surface area (Å²) in [5.41, 5.74) is 0.958. The maximum atomic E-state index is 11.6. The molecular formula is C14H23N5O. The van der Waals surface area contributed by atoms with E-state index in [0.29, 0.717) is 5.95 Å². The molecule has 1 amide bonds. The average molecular weight is 277 g/mol. The molecule has 0 spiro atoms. The van der Waals surface area contributed by atoms with Crippen molar-refractivity contribution in [3.8, 4) is 0 Å². The number of carbonyl (C=O) groups excluding carboxylic acids is 1. The zero-order chi connectivity index (χ0) is 14.5. The van der Waals surface area contributed by atoms with Crippen molar-refractivity contribution in [2.24, 2.45) is 5.92 Å². The summed E-state index contributed by atoms with van der Waals surface area (Å²) in [6.45, 7) is 6.53. The number of aryl methyl sites for hydroxylation is 1. The number of amides is 1. The summed E-state index contributed by atoms with van der Waals surface area (Å²) in [7, 11) is 1.70. The van der Waals surface area contributed by atoms with Gasteiger partial charge in [-0.25, -0.2) is 4.98 Å². The maximum Gasteiger partial charge on any atom is 0.224 e. The lowest BCUT2D eigenvalue weighted by Gasteiger charge is -2.32. The zero-order valence-electron chi connectivity index (χ0n) is 12.4. The molecule has 110 valence electrons. The van der Waals surface area contributed by atoms with Gasteiger partial charge in [-0.05, 0) is 26.7 Å². The number of carbonyl (C=O) groups is 1. The molecule has 1 aromatic rings. The van der Waals surface area contributed by atoms with E-state index in [-0.39, 0.29) is 11.8 Å². The van der Waals surface area contributed by atoms with E-state index in [2.05, 4.69) is 25.5 Å². The van der Waals surface area contributed by atoms with Crippen molar-refractivity contribution in [1.29, 1.82) is 0 Å². The van der Waals surface area contributed by atoms with E-state index in [1.807, 2.05) is 19.9 Å². The van der Waals surface area contributed by atoms with Gasteiger partial charge in [0.15, 0.2) is 0 Å². The van der Waals surface area contributed by atoms with Gasteiger partial charge in [0.05, 0.1) is 0 Å². The Morgan fingerprint density at radius 3 is 2.70 bits per heavy atom. The molecule has 2 N–H and O–H groups in total. The van der Waals surface area contributed by atoms with Crippen LogP contribution in [0.1, 0.15) is 25.5 Å². The Balaban J connectivity index is 2.04. The van der Waals surface area contributed by atoms with Gasteiger partial charge in [-0.2, -0.15) is 4.98 Å². The van der Waals surface area contributed by atoms with Crippen LogP contribution in [0.3, 0.4) is 0 Å². The fourth-order valence-electron chi connectivity index (χ4n) is 2.53. The minimum atomic E-state index is 0.132. The Labute approximate surface area is 120 Å². The van der Waals surface area contributed by atoms with Crippen molar-refractivity contribution in [2.45, 2.75) is 26.7 Å². The quantitative estimate of drug-likeness (QED) is 0.865. The van der Waals surface area contributed by atoms with Gasteiger partial charge in [0.2, 0.25) is 11.9 Å². The summed E-state index contributed by atoms with van der Waals surface area (Å²) in [6.07, 6.45) is 1.75. The van der Waals surface area contributed by atoms with Gasteiger partial charge < -0.3 is 15.5 Å². The van der Waals surface area contributed by atoms with Gasteiger partial charge in [0.25, 0.3) is 0 Å². The molecule has 1 aromatic heterocycles. The lowest BCUT2D eigenvalue weighted by atomic mass is 9.96. The van der Waals surface area contributed by atoms with E-state index in [1.54, 1.807) is 7.05 Å². The molecule has 0 aromatic carbocycles. The minimum Gasteiger partial charge on any atom is -0.359 e. The normalized spacial score (nSPS) is 16.1. The van der Waals surface area contributed by atoms with Crippen LogP contribution in [-0.4, -0.2) is 42.6 Å². The summed E-state index contributed by atoms with van der Waals surface area (Å²) in [6, 6.07) is 2.00. The number of hydrogen-bond donors (Lipinski definition) is 2. The van der Waals surface area contributed by atoms with Gasteiger partial charge in [-0.15, -0.1) is 0 Å². The van der Waals surface area contributed by atoms with Gasteiger partial charge >= 0.3 is 0 Å². The largest absolute Gasteiger partial charge is 0.359 e. The van der Waals surface area contributed by atoms with E-state index < -0.39 is 0 Å². The molecule has 1 aliphatic heterocycles. The number of aromatic nitrogens is 2. The van der Waals surface area contributed by atoms with Crippen molar-refractivity contribution in [1.82, 2.24) is 15.3 Å². The standard InChI is InChI=1S/C14H23N5O/c1-4-16-14-17-10(2)9-12(18-14)19-7-5-11(6-8-19)13(20)15-3/h9,11H,4-8H2,1-3H3,(H,15,20)(H,16,17,18). The van der Waals surface area contributed by atoms with Gasteiger partial charge in [0, 0.05) is 44.4 Å². The number of rotatable bonds is 4. The fourth-order valence-corrected chi connectivity index (χ4v) is 2.53. The highest BCUT2D eigenvalue weighted by atomic mass is 16.1. The minimum absolute atomic E-state index is 0.132. The van der Waals surface area contributed by atoms with Crippen LogP contribution in [-0.2, 0) is 4.79 Å². The molecule has 20 heavy (non-hydrogen) atoms. The molecule has 6 heteroatoms. The lowest BCUT2D eigenvalue weighted by Crippen LogP contribution is -2.40. The summed E-state index contributed by atoms with van der Waals surface area (Å²) >= 11 is 0. The zero-order valence-corrected chi connectivity index (χ0v) is 12.4. The second kappa shape index (κ2) is 6.54. The predicted molar refractivity (Wildman–Crippen MR) is 79.9 cm³/mol. The first-order valence-electron chi connectivity index (χ1n) is 7.20. The van der Waals surface area contributed by atoms with Crippen LogP contribution in [0.5, 0.6) is 0 Å². The molecule has 0 aliphatic carbocycles. The van der Waals surface area contributed by atoms with Crippen molar-refractivity contribution < 1.29 is 4.79 Å². The topological polar surface area (TPSA) is 70.2 Å². The first-order valence-corrected chi connectivity index (χ1v) is 7.20. The monoisotopic (exact) mass is 277 g/mol. The third-order valence-electron chi connectivity index (χ3n) is 3.61. The van der Waals surface area contributed by atoms with Gasteiger partial charge in [-0.3, -0.25) is 4.79 Å². The van der Waals surface area contributed by atoms with Crippen LogP contribution < -0.4 is 15.5 Å². The van der Waals surface area contributed by atoms with Crippen LogP contribution in [0.25, 0.3) is 0 Å². The second-order valence-electron chi connectivity index (χ2n) is 5.10. The fraction of sp³-hybridized carbons (Fsp3) is 0.643.